The molecule has 0 N–H and O–H groups in total. The highest BCUT2D eigenvalue weighted by Gasteiger charge is 2.58. The Bertz CT molecular complexity index is 142. The molecule has 0 aliphatic carbocycles. The van der Waals surface area contributed by atoms with Crippen LogP contribution in [-0.2, 0) is 0 Å². The highest BCUT2D eigenvalue weighted by molar-refractivity contribution is 4.93. The molecule has 0 aromatic heterocycles. The van der Waals surface area contributed by atoms with Crippen LogP contribution in [0.1, 0.15) is 47.5 Å². The Balaban J connectivity index is 5.17. The van der Waals surface area contributed by atoms with Gasteiger partial charge in [0.2, 0.25) is 0 Å². The number of alkyl halides is 3. The molecule has 0 aliphatic rings. The first-order valence-electron chi connectivity index (χ1n) is 4.69. The van der Waals surface area contributed by atoms with Crippen molar-refractivity contribution < 1.29 is 13.2 Å². The summed E-state index contributed by atoms with van der Waals surface area (Å²) in [5, 5.41) is 0. The van der Waals surface area contributed by atoms with Gasteiger partial charge in [0.1, 0.15) is 0 Å². The van der Waals surface area contributed by atoms with Gasteiger partial charge in [0, 0.05) is 0 Å². The molecule has 0 aromatic rings. The third-order valence-corrected chi connectivity index (χ3v) is 3.19. The first-order chi connectivity index (χ1) is 5.62. The molecule has 0 saturated carbocycles. The van der Waals surface area contributed by atoms with E-state index in [1.165, 1.54) is 0 Å². The van der Waals surface area contributed by atoms with E-state index in [1.807, 2.05) is 0 Å². The molecule has 0 spiro atoms. The van der Waals surface area contributed by atoms with Crippen molar-refractivity contribution in [2.24, 2.45) is 10.8 Å². The Morgan fingerprint density at radius 1 is 0.846 bits per heavy atom. The minimum atomic E-state index is -4.10. The van der Waals surface area contributed by atoms with Crippen molar-refractivity contribution in [3.05, 3.63) is 0 Å². The van der Waals surface area contributed by atoms with Crippen LogP contribution < -0.4 is 0 Å². The molecule has 0 heterocycles. The van der Waals surface area contributed by atoms with Crippen molar-refractivity contribution in [2.45, 2.75) is 53.6 Å². The van der Waals surface area contributed by atoms with Crippen molar-refractivity contribution in [1.29, 1.82) is 0 Å². The second kappa shape index (κ2) is 3.50. The van der Waals surface area contributed by atoms with E-state index in [4.69, 9.17) is 0 Å². The maximum Gasteiger partial charge on any atom is 0.394 e. The summed E-state index contributed by atoms with van der Waals surface area (Å²) >= 11 is 0. The first-order valence-corrected chi connectivity index (χ1v) is 4.69. The van der Waals surface area contributed by atoms with Crippen molar-refractivity contribution in [3.63, 3.8) is 0 Å². The van der Waals surface area contributed by atoms with Gasteiger partial charge >= 0.3 is 6.18 Å². The predicted molar refractivity (Wildman–Crippen MR) is 48.5 cm³/mol. The first kappa shape index (κ1) is 12.8. The summed E-state index contributed by atoms with van der Waals surface area (Å²) in [6, 6.07) is 0. The predicted octanol–water partition coefficient (Wildman–Crippen LogP) is 4.40. The monoisotopic (exact) mass is 196 g/mol. The summed E-state index contributed by atoms with van der Waals surface area (Å²) in [4.78, 5) is 0. The highest BCUT2D eigenvalue weighted by atomic mass is 19.4. The average Bonchev–Trinajstić information content (AvgIpc) is 1.84. The van der Waals surface area contributed by atoms with Crippen LogP contribution in [0.5, 0.6) is 0 Å². The van der Waals surface area contributed by atoms with Crippen LogP contribution in [0.2, 0.25) is 0 Å². The summed E-state index contributed by atoms with van der Waals surface area (Å²) in [6.45, 7) is 8.21. The summed E-state index contributed by atoms with van der Waals surface area (Å²) in [5.74, 6) is 0. The number of halogens is 3. The van der Waals surface area contributed by atoms with Gasteiger partial charge < -0.3 is 0 Å². The molecule has 80 valence electrons. The van der Waals surface area contributed by atoms with Gasteiger partial charge in [-0.25, -0.2) is 0 Å². The van der Waals surface area contributed by atoms with Crippen LogP contribution in [-0.4, -0.2) is 6.18 Å². The van der Waals surface area contributed by atoms with E-state index in [-0.39, 0.29) is 12.8 Å². The zero-order valence-electron chi connectivity index (χ0n) is 9.05. The molecule has 13 heavy (non-hydrogen) atoms. The number of rotatable bonds is 2. The molecule has 0 rings (SSSR count). The second-order valence-corrected chi connectivity index (χ2v) is 4.54. The van der Waals surface area contributed by atoms with E-state index in [0.29, 0.717) is 0 Å². The lowest BCUT2D eigenvalue weighted by Gasteiger charge is -2.45. The minimum Gasteiger partial charge on any atom is -0.170 e. The van der Waals surface area contributed by atoms with Gasteiger partial charge in [0.15, 0.2) is 0 Å². The van der Waals surface area contributed by atoms with E-state index in [1.54, 1.807) is 34.6 Å². The molecule has 0 aromatic carbocycles. The van der Waals surface area contributed by atoms with E-state index in [2.05, 4.69) is 0 Å². The molecular weight excluding hydrogens is 177 g/mol. The van der Waals surface area contributed by atoms with Crippen molar-refractivity contribution in [2.75, 3.05) is 0 Å². The molecule has 0 saturated heterocycles. The quantitative estimate of drug-likeness (QED) is 0.614. The van der Waals surface area contributed by atoms with Crippen molar-refractivity contribution in [1.82, 2.24) is 0 Å². The van der Waals surface area contributed by atoms with Crippen LogP contribution in [0, 0.1) is 10.8 Å². The molecule has 0 aliphatic heterocycles. The van der Waals surface area contributed by atoms with Crippen LogP contribution in [0.25, 0.3) is 0 Å². The van der Waals surface area contributed by atoms with E-state index in [0.717, 1.165) is 0 Å². The van der Waals surface area contributed by atoms with Crippen LogP contribution in [0.15, 0.2) is 0 Å². The Labute approximate surface area is 78.5 Å². The fourth-order valence-corrected chi connectivity index (χ4v) is 2.14. The Kier molecular flexibility index (Phi) is 3.45. The Morgan fingerprint density at radius 3 is 1.15 bits per heavy atom. The molecule has 0 unspecified atom stereocenters. The fourth-order valence-electron chi connectivity index (χ4n) is 2.14. The molecule has 0 nitrogen and oxygen atoms in total. The smallest absolute Gasteiger partial charge is 0.170 e. The summed E-state index contributed by atoms with van der Waals surface area (Å²) in [5.41, 5.74) is -2.27. The van der Waals surface area contributed by atoms with Crippen molar-refractivity contribution >= 4 is 0 Å². The fraction of sp³-hybridized carbons (Fsp3) is 1.00. The largest absolute Gasteiger partial charge is 0.394 e. The maximum absolute atomic E-state index is 12.9. The third kappa shape index (κ3) is 2.00. The van der Waals surface area contributed by atoms with Crippen molar-refractivity contribution in [3.8, 4) is 0 Å². The van der Waals surface area contributed by atoms with Crippen LogP contribution in [0.4, 0.5) is 13.2 Å². The van der Waals surface area contributed by atoms with Crippen LogP contribution >= 0.6 is 0 Å². The summed E-state index contributed by atoms with van der Waals surface area (Å²) in [6.07, 6.45) is -3.80. The Morgan fingerprint density at radius 2 is 1.15 bits per heavy atom. The SMILES string of the molecule is CCC(CC)(C(C)(C)C)C(F)(F)F. The molecule has 0 fully saturated rings. The zero-order chi connectivity index (χ0) is 10.9. The van der Waals surface area contributed by atoms with Gasteiger partial charge in [0.05, 0.1) is 5.41 Å². The third-order valence-electron chi connectivity index (χ3n) is 3.19. The lowest BCUT2D eigenvalue weighted by Crippen LogP contribution is -2.47. The van der Waals surface area contributed by atoms with Gasteiger partial charge in [-0.1, -0.05) is 34.6 Å². The van der Waals surface area contributed by atoms with Gasteiger partial charge in [-0.15, -0.1) is 0 Å². The lowest BCUT2D eigenvalue weighted by atomic mass is 9.63. The maximum atomic E-state index is 12.9. The molecule has 3 heteroatoms. The molecular formula is C10H19F3. The topological polar surface area (TPSA) is 0 Å². The number of hydrogen-bond donors (Lipinski definition) is 0. The summed E-state index contributed by atoms with van der Waals surface area (Å²) < 4.78 is 38.6. The summed E-state index contributed by atoms with van der Waals surface area (Å²) in [7, 11) is 0. The molecule has 0 bridgehead atoms. The minimum absolute atomic E-state index is 0.149. The van der Waals surface area contributed by atoms with Gasteiger partial charge in [-0.3, -0.25) is 0 Å². The zero-order valence-corrected chi connectivity index (χ0v) is 9.05. The average molecular weight is 196 g/mol. The van der Waals surface area contributed by atoms with E-state index >= 15 is 0 Å². The molecule has 0 radical (unpaired) electrons. The molecule has 0 amide bonds. The lowest BCUT2D eigenvalue weighted by molar-refractivity contribution is -0.261. The van der Waals surface area contributed by atoms with E-state index in [9.17, 15) is 13.2 Å². The van der Waals surface area contributed by atoms with Gasteiger partial charge in [-0.2, -0.15) is 13.2 Å². The van der Waals surface area contributed by atoms with E-state index < -0.39 is 17.0 Å². The molecule has 0 atom stereocenters. The highest BCUT2D eigenvalue weighted by Crippen LogP contribution is 2.55. The second-order valence-electron chi connectivity index (χ2n) is 4.54. The standard InChI is InChI=1S/C10H19F3/c1-6-9(7-2,8(3,4)5)10(11,12)13/h6-7H2,1-5H3. The number of hydrogen-bond acceptors (Lipinski definition) is 0. The van der Waals surface area contributed by atoms with Gasteiger partial charge in [-0.05, 0) is 18.3 Å². The van der Waals surface area contributed by atoms with Gasteiger partial charge in [0.25, 0.3) is 0 Å². The van der Waals surface area contributed by atoms with Crippen LogP contribution in [0.3, 0.4) is 0 Å². The Hall–Kier alpha value is -0.210. The normalized spacial score (nSPS) is 14.8.